The van der Waals surface area contributed by atoms with Crippen LogP contribution >= 0.6 is 0 Å². The molecule has 0 aromatic heterocycles. The number of hydrogen-bond donors (Lipinski definition) is 1. The molecule has 1 saturated carbocycles. The van der Waals surface area contributed by atoms with Gasteiger partial charge in [0, 0.05) is 0 Å². The van der Waals surface area contributed by atoms with Gasteiger partial charge in [-0.15, -0.1) is 0 Å². The van der Waals surface area contributed by atoms with Crippen LogP contribution in [-0.2, 0) is 0 Å². The molecule has 21 heavy (non-hydrogen) atoms. The van der Waals surface area contributed by atoms with Gasteiger partial charge in [0.15, 0.2) is 0 Å². The lowest BCUT2D eigenvalue weighted by Crippen LogP contribution is -2.32. The Bertz CT molecular complexity index is 443. The van der Waals surface area contributed by atoms with Crippen molar-refractivity contribution in [1.29, 1.82) is 0 Å². The number of nitrogens with one attached hydrogen (secondary N) is 1. The van der Waals surface area contributed by atoms with Gasteiger partial charge in [-0.1, -0.05) is 45.2 Å². The van der Waals surface area contributed by atoms with Crippen LogP contribution in [-0.4, -0.2) is 13.1 Å². The van der Waals surface area contributed by atoms with Crippen molar-refractivity contribution < 1.29 is 4.39 Å². The van der Waals surface area contributed by atoms with Crippen molar-refractivity contribution in [2.45, 2.75) is 58.8 Å². The fourth-order valence-electron chi connectivity index (χ4n) is 3.81. The van der Waals surface area contributed by atoms with E-state index in [1.54, 1.807) is 6.07 Å². The van der Waals surface area contributed by atoms with Crippen LogP contribution in [0.2, 0.25) is 0 Å². The largest absolute Gasteiger partial charge is 0.317 e. The second-order valence-electron chi connectivity index (χ2n) is 6.65. The Kier molecular flexibility index (Phi) is 6.22. The molecule has 2 heteroatoms. The Hall–Kier alpha value is -0.890. The molecule has 3 atom stereocenters. The van der Waals surface area contributed by atoms with Gasteiger partial charge in [0.25, 0.3) is 0 Å². The predicted molar refractivity (Wildman–Crippen MR) is 88.2 cm³/mol. The molecule has 1 fully saturated rings. The number of rotatable bonds is 6. The van der Waals surface area contributed by atoms with E-state index in [-0.39, 0.29) is 5.82 Å². The van der Waals surface area contributed by atoms with Crippen molar-refractivity contribution in [1.82, 2.24) is 5.32 Å². The third-order valence-corrected chi connectivity index (χ3v) is 5.08. The molecular formula is C19H30FN. The summed E-state index contributed by atoms with van der Waals surface area (Å²) in [6.07, 6.45) is 6.43. The lowest BCUT2D eigenvalue weighted by atomic mass is 9.70. The van der Waals surface area contributed by atoms with Crippen LogP contribution < -0.4 is 5.32 Å². The van der Waals surface area contributed by atoms with Crippen molar-refractivity contribution in [2.24, 2.45) is 11.8 Å². The molecule has 118 valence electrons. The van der Waals surface area contributed by atoms with Crippen molar-refractivity contribution in [3.05, 3.63) is 35.1 Å². The molecule has 1 aromatic carbocycles. The normalized spacial score (nSPS) is 26.0. The van der Waals surface area contributed by atoms with E-state index in [2.05, 4.69) is 25.2 Å². The molecular weight excluding hydrogens is 261 g/mol. The Balaban J connectivity index is 2.16. The van der Waals surface area contributed by atoms with Gasteiger partial charge in [0.05, 0.1) is 0 Å². The monoisotopic (exact) mass is 291 g/mol. The van der Waals surface area contributed by atoms with E-state index in [9.17, 15) is 4.39 Å². The van der Waals surface area contributed by atoms with Crippen molar-refractivity contribution in [3.8, 4) is 0 Å². The second-order valence-corrected chi connectivity index (χ2v) is 6.65. The Morgan fingerprint density at radius 2 is 2.05 bits per heavy atom. The molecule has 1 aliphatic rings. The second kappa shape index (κ2) is 7.93. The summed E-state index contributed by atoms with van der Waals surface area (Å²) in [6.45, 7) is 8.35. The van der Waals surface area contributed by atoms with E-state index in [4.69, 9.17) is 0 Å². The lowest BCUT2D eigenvalue weighted by molar-refractivity contribution is 0.221. The van der Waals surface area contributed by atoms with Gasteiger partial charge < -0.3 is 5.32 Å². The maximum atomic E-state index is 13.9. The van der Waals surface area contributed by atoms with E-state index < -0.39 is 0 Å². The topological polar surface area (TPSA) is 12.0 Å². The first-order chi connectivity index (χ1) is 10.2. The van der Waals surface area contributed by atoms with Crippen LogP contribution in [0.25, 0.3) is 0 Å². The lowest BCUT2D eigenvalue weighted by Gasteiger charge is -2.37. The van der Waals surface area contributed by atoms with E-state index >= 15 is 0 Å². The zero-order valence-electron chi connectivity index (χ0n) is 13.8. The van der Waals surface area contributed by atoms with Gasteiger partial charge >= 0.3 is 0 Å². The number of halogens is 1. The highest BCUT2D eigenvalue weighted by atomic mass is 19.1. The average Bonchev–Trinajstić information content (AvgIpc) is 2.49. The third kappa shape index (κ3) is 4.29. The van der Waals surface area contributed by atoms with Crippen LogP contribution in [0, 0.1) is 24.6 Å². The summed E-state index contributed by atoms with van der Waals surface area (Å²) in [5.41, 5.74) is 1.96. The first-order valence-corrected chi connectivity index (χ1v) is 8.62. The first kappa shape index (κ1) is 16.5. The molecule has 0 amide bonds. The van der Waals surface area contributed by atoms with Crippen LogP contribution in [0.15, 0.2) is 18.2 Å². The summed E-state index contributed by atoms with van der Waals surface area (Å²) in [7, 11) is 0. The Labute approximate surface area is 129 Å². The summed E-state index contributed by atoms with van der Waals surface area (Å²) in [6, 6.07) is 5.88. The maximum Gasteiger partial charge on any atom is 0.126 e. The highest BCUT2D eigenvalue weighted by molar-refractivity contribution is 5.27. The smallest absolute Gasteiger partial charge is 0.126 e. The maximum absolute atomic E-state index is 13.9. The summed E-state index contributed by atoms with van der Waals surface area (Å²) in [4.78, 5) is 0. The van der Waals surface area contributed by atoms with Gasteiger partial charge in [0.1, 0.15) is 5.82 Å². The first-order valence-electron chi connectivity index (χ1n) is 8.62. The Morgan fingerprint density at radius 3 is 2.71 bits per heavy atom. The average molecular weight is 291 g/mol. The third-order valence-electron chi connectivity index (χ3n) is 5.08. The van der Waals surface area contributed by atoms with Gasteiger partial charge in [0.2, 0.25) is 0 Å². The van der Waals surface area contributed by atoms with Gasteiger partial charge in [-0.25, -0.2) is 4.39 Å². The van der Waals surface area contributed by atoms with Crippen molar-refractivity contribution >= 4 is 0 Å². The fraction of sp³-hybridized carbons (Fsp3) is 0.684. The highest BCUT2D eigenvalue weighted by Gasteiger charge is 2.31. The molecule has 3 unspecified atom stereocenters. The van der Waals surface area contributed by atoms with E-state index in [0.29, 0.717) is 11.8 Å². The molecule has 0 saturated heterocycles. The molecule has 2 rings (SSSR count). The van der Waals surface area contributed by atoms with Crippen LogP contribution in [0.1, 0.15) is 63.0 Å². The summed E-state index contributed by atoms with van der Waals surface area (Å²) in [5, 5.41) is 3.50. The molecule has 1 N–H and O–H groups in total. The summed E-state index contributed by atoms with van der Waals surface area (Å²) in [5.74, 6) is 1.94. The number of benzene rings is 1. The molecule has 0 bridgehead atoms. The minimum Gasteiger partial charge on any atom is -0.317 e. The predicted octanol–water partition coefficient (Wildman–Crippen LogP) is 5.04. The molecule has 1 aromatic rings. The van der Waals surface area contributed by atoms with E-state index in [1.165, 1.54) is 37.7 Å². The standard InChI is InChI=1S/C19H30FN/c1-4-6-15-8-10-17(13-21-5-2)18(11-15)16-9-7-14(3)19(20)12-16/h7,9,12,15,17-18,21H,4-6,8,10-11,13H2,1-3H3. The quantitative estimate of drug-likeness (QED) is 0.774. The van der Waals surface area contributed by atoms with Gasteiger partial charge in [-0.05, 0) is 67.8 Å². The summed E-state index contributed by atoms with van der Waals surface area (Å²) >= 11 is 0. The molecule has 0 spiro atoms. The van der Waals surface area contributed by atoms with Gasteiger partial charge in [-0.3, -0.25) is 0 Å². The van der Waals surface area contributed by atoms with E-state index in [0.717, 1.165) is 24.6 Å². The highest BCUT2D eigenvalue weighted by Crippen LogP contribution is 2.42. The number of aryl methyl sites for hydroxylation is 1. The van der Waals surface area contributed by atoms with Crippen LogP contribution in [0.5, 0.6) is 0 Å². The van der Waals surface area contributed by atoms with Gasteiger partial charge in [-0.2, -0.15) is 0 Å². The molecule has 0 heterocycles. The zero-order chi connectivity index (χ0) is 15.2. The SMILES string of the molecule is CCCC1CCC(CNCC)C(c2ccc(C)c(F)c2)C1. The zero-order valence-corrected chi connectivity index (χ0v) is 13.8. The van der Waals surface area contributed by atoms with Crippen molar-refractivity contribution in [2.75, 3.05) is 13.1 Å². The number of hydrogen-bond acceptors (Lipinski definition) is 1. The van der Waals surface area contributed by atoms with E-state index in [1.807, 2.05) is 13.0 Å². The van der Waals surface area contributed by atoms with Crippen LogP contribution in [0.3, 0.4) is 0 Å². The molecule has 0 aliphatic heterocycles. The minimum atomic E-state index is -0.0488. The van der Waals surface area contributed by atoms with Crippen LogP contribution in [0.4, 0.5) is 4.39 Å². The minimum absolute atomic E-state index is 0.0488. The summed E-state index contributed by atoms with van der Waals surface area (Å²) < 4.78 is 13.9. The van der Waals surface area contributed by atoms with Crippen molar-refractivity contribution in [3.63, 3.8) is 0 Å². The molecule has 0 radical (unpaired) electrons. The molecule has 1 nitrogen and oxygen atoms in total. The Morgan fingerprint density at radius 1 is 1.24 bits per heavy atom. The molecule has 1 aliphatic carbocycles. The fourth-order valence-corrected chi connectivity index (χ4v) is 3.81.